The van der Waals surface area contributed by atoms with Gasteiger partial charge in [-0.2, -0.15) is 0 Å². The zero-order valence-corrected chi connectivity index (χ0v) is 19.4. The van der Waals surface area contributed by atoms with Crippen LogP contribution in [0.4, 0.5) is 10.5 Å². The summed E-state index contributed by atoms with van der Waals surface area (Å²) in [7, 11) is 3.30. The molecule has 7 nitrogen and oxygen atoms in total. The Bertz CT molecular complexity index is 1300. The average Bonchev–Trinajstić information content (AvgIpc) is 3.29. The molecule has 174 valence electrons. The van der Waals surface area contributed by atoms with Crippen molar-refractivity contribution in [2.45, 2.75) is 18.8 Å². The minimum absolute atomic E-state index is 0.0938. The van der Waals surface area contributed by atoms with Crippen LogP contribution in [0.15, 0.2) is 72.9 Å². The van der Waals surface area contributed by atoms with Crippen molar-refractivity contribution in [1.29, 1.82) is 0 Å². The van der Waals surface area contributed by atoms with Gasteiger partial charge in [0.25, 0.3) is 0 Å². The standard InChI is InChI=1S/C27H28N4O3/c1-33-22-13-11-21(12-14-22)28-27(32)30-15-6-8-20(18-30)26-29-25(24-10-3-4-16-31(24)26)19-7-5-9-23(17-19)34-2/h3-5,7,9-14,16-17,20H,6,8,15,18H2,1-2H3,(H,28,32)/t20-/m0/s1. The van der Waals surface area contributed by atoms with E-state index in [0.29, 0.717) is 6.54 Å². The van der Waals surface area contributed by atoms with Crippen LogP contribution in [-0.4, -0.2) is 47.6 Å². The number of fused-ring (bicyclic) bond motifs is 1. The number of rotatable bonds is 5. The summed E-state index contributed by atoms with van der Waals surface area (Å²) in [6, 6.07) is 21.4. The van der Waals surface area contributed by atoms with Crippen LogP contribution in [0.5, 0.6) is 11.5 Å². The van der Waals surface area contributed by atoms with Gasteiger partial charge in [-0.3, -0.25) is 0 Å². The van der Waals surface area contributed by atoms with Crippen LogP contribution in [0.25, 0.3) is 16.8 Å². The maximum absolute atomic E-state index is 13.0. The number of pyridine rings is 1. The number of carbonyl (C=O) groups excluding carboxylic acids is 1. The first kappa shape index (κ1) is 21.8. The molecule has 3 heterocycles. The fourth-order valence-electron chi connectivity index (χ4n) is 4.58. The molecule has 0 saturated carbocycles. The number of anilines is 1. The van der Waals surface area contributed by atoms with Gasteiger partial charge in [0.2, 0.25) is 0 Å². The average molecular weight is 457 g/mol. The first-order valence-electron chi connectivity index (χ1n) is 11.5. The normalized spacial score (nSPS) is 15.8. The minimum Gasteiger partial charge on any atom is -0.497 e. The second-order valence-electron chi connectivity index (χ2n) is 8.45. The zero-order valence-electron chi connectivity index (χ0n) is 19.4. The highest BCUT2D eigenvalue weighted by atomic mass is 16.5. The lowest BCUT2D eigenvalue weighted by molar-refractivity contribution is 0.191. The molecule has 0 unspecified atom stereocenters. The number of benzene rings is 2. The molecular formula is C27H28N4O3. The van der Waals surface area contributed by atoms with Crippen molar-refractivity contribution in [2.75, 3.05) is 32.6 Å². The monoisotopic (exact) mass is 456 g/mol. The smallest absolute Gasteiger partial charge is 0.321 e. The van der Waals surface area contributed by atoms with Crippen molar-refractivity contribution < 1.29 is 14.3 Å². The predicted octanol–water partition coefficient (Wildman–Crippen LogP) is 5.43. The Balaban J connectivity index is 1.40. The minimum atomic E-state index is -0.0938. The first-order chi connectivity index (χ1) is 16.7. The Labute approximate surface area is 198 Å². The molecule has 34 heavy (non-hydrogen) atoms. The predicted molar refractivity (Wildman–Crippen MR) is 133 cm³/mol. The van der Waals surface area contributed by atoms with Crippen LogP contribution >= 0.6 is 0 Å². The summed E-state index contributed by atoms with van der Waals surface area (Å²) in [6.45, 7) is 1.35. The van der Waals surface area contributed by atoms with Gasteiger partial charge >= 0.3 is 6.03 Å². The summed E-state index contributed by atoms with van der Waals surface area (Å²) in [6.07, 6.45) is 3.96. The lowest BCUT2D eigenvalue weighted by Gasteiger charge is -2.32. The number of nitrogens with zero attached hydrogens (tertiary/aromatic N) is 3. The summed E-state index contributed by atoms with van der Waals surface area (Å²) in [5, 5.41) is 3.01. The molecule has 0 radical (unpaired) electrons. The van der Waals surface area contributed by atoms with Crippen LogP contribution in [-0.2, 0) is 0 Å². The number of nitrogens with one attached hydrogen (secondary N) is 1. The van der Waals surface area contributed by atoms with Gasteiger partial charge in [-0.05, 0) is 61.4 Å². The highest BCUT2D eigenvalue weighted by Gasteiger charge is 2.28. The molecule has 0 aliphatic carbocycles. The number of amides is 2. The van der Waals surface area contributed by atoms with Gasteiger partial charge in [0.15, 0.2) is 0 Å². The van der Waals surface area contributed by atoms with Gasteiger partial charge in [-0.25, -0.2) is 9.78 Å². The van der Waals surface area contributed by atoms with E-state index in [1.807, 2.05) is 59.5 Å². The van der Waals surface area contributed by atoms with Crippen LogP contribution in [0.2, 0.25) is 0 Å². The second kappa shape index (κ2) is 9.47. The number of methoxy groups -OCH3 is 2. The SMILES string of the molecule is COc1ccc(NC(=O)N2CCC[C@H](c3nc(-c4cccc(OC)c4)c4ccccn34)C2)cc1. The number of likely N-dealkylation sites (tertiary alicyclic amines) is 1. The van der Waals surface area contributed by atoms with Gasteiger partial charge in [0.1, 0.15) is 17.3 Å². The van der Waals surface area contributed by atoms with E-state index in [-0.39, 0.29) is 11.9 Å². The van der Waals surface area contributed by atoms with E-state index < -0.39 is 0 Å². The molecule has 1 atom stereocenters. The molecule has 0 spiro atoms. The molecule has 5 rings (SSSR count). The maximum atomic E-state index is 13.0. The van der Waals surface area contributed by atoms with Crippen LogP contribution in [0.3, 0.4) is 0 Å². The van der Waals surface area contributed by atoms with Gasteiger partial charge < -0.3 is 24.1 Å². The molecule has 1 aliphatic heterocycles. The second-order valence-corrected chi connectivity index (χ2v) is 8.45. The number of hydrogen-bond acceptors (Lipinski definition) is 4. The number of carbonyl (C=O) groups is 1. The van der Waals surface area contributed by atoms with E-state index in [1.54, 1.807) is 14.2 Å². The number of ether oxygens (including phenoxy) is 2. The lowest BCUT2D eigenvalue weighted by Crippen LogP contribution is -2.42. The lowest BCUT2D eigenvalue weighted by atomic mass is 9.97. The van der Waals surface area contributed by atoms with Crippen molar-refractivity contribution in [1.82, 2.24) is 14.3 Å². The first-order valence-corrected chi connectivity index (χ1v) is 11.5. The van der Waals surface area contributed by atoms with Crippen LogP contribution in [0.1, 0.15) is 24.6 Å². The van der Waals surface area contributed by atoms with E-state index >= 15 is 0 Å². The molecule has 1 fully saturated rings. The maximum Gasteiger partial charge on any atom is 0.321 e. The van der Waals surface area contributed by atoms with E-state index in [2.05, 4.69) is 28.0 Å². The molecule has 2 aromatic heterocycles. The summed E-state index contributed by atoms with van der Waals surface area (Å²) in [5.74, 6) is 2.68. The quantitative estimate of drug-likeness (QED) is 0.435. The Kier molecular flexibility index (Phi) is 6.08. The van der Waals surface area contributed by atoms with Crippen LogP contribution < -0.4 is 14.8 Å². The number of urea groups is 1. The van der Waals surface area contributed by atoms with E-state index in [0.717, 1.165) is 59.2 Å². The summed E-state index contributed by atoms with van der Waals surface area (Å²) >= 11 is 0. The fourth-order valence-corrected chi connectivity index (χ4v) is 4.58. The molecule has 1 saturated heterocycles. The molecule has 1 aliphatic rings. The number of hydrogen-bond donors (Lipinski definition) is 1. The molecule has 2 aromatic carbocycles. The van der Waals surface area contributed by atoms with Crippen molar-refractivity contribution in [3.63, 3.8) is 0 Å². The van der Waals surface area contributed by atoms with Gasteiger partial charge in [0.05, 0.1) is 25.4 Å². The molecular weight excluding hydrogens is 428 g/mol. The largest absolute Gasteiger partial charge is 0.497 e. The third kappa shape index (κ3) is 4.29. The summed E-state index contributed by atoms with van der Waals surface area (Å²) in [5.41, 5.74) is 3.73. The molecule has 4 aromatic rings. The highest BCUT2D eigenvalue weighted by Crippen LogP contribution is 2.33. The molecule has 2 amide bonds. The molecule has 7 heteroatoms. The Morgan fingerprint density at radius 2 is 1.82 bits per heavy atom. The van der Waals surface area contributed by atoms with E-state index in [1.165, 1.54) is 0 Å². The van der Waals surface area contributed by atoms with Crippen molar-refractivity contribution in [2.24, 2.45) is 0 Å². The molecule has 0 bridgehead atoms. The van der Waals surface area contributed by atoms with Gasteiger partial charge in [-0.1, -0.05) is 18.2 Å². The fraction of sp³-hybridized carbons (Fsp3) is 0.259. The summed E-state index contributed by atoms with van der Waals surface area (Å²) < 4.78 is 12.8. The Morgan fingerprint density at radius 1 is 1.00 bits per heavy atom. The Hall–Kier alpha value is -4.00. The third-order valence-electron chi connectivity index (χ3n) is 6.33. The molecule has 1 N–H and O–H groups in total. The number of imidazole rings is 1. The summed E-state index contributed by atoms with van der Waals surface area (Å²) in [4.78, 5) is 20.0. The number of piperidine rings is 1. The zero-order chi connectivity index (χ0) is 23.5. The van der Waals surface area contributed by atoms with Gasteiger partial charge in [0, 0.05) is 36.5 Å². The number of aromatic nitrogens is 2. The highest BCUT2D eigenvalue weighted by molar-refractivity contribution is 5.89. The van der Waals surface area contributed by atoms with Crippen molar-refractivity contribution in [3.05, 3.63) is 78.8 Å². The topological polar surface area (TPSA) is 68.1 Å². The third-order valence-corrected chi connectivity index (χ3v) is 6.33. The van der Waals surface area contributed by atoms with Crippen LogP contribution in [0, 0.1) is 0 Å². The van der Waals surface area contributed by atoms with Crippen molar-refractivity contribution in [3.8, 4) is 22.8 Å². The van der Waals surface area contributed by atoms with Crippen molar-refractivity contribution >= 4 is 17.2 Å². The Morgan fingerprint density at radius 3 is 2.62 bits per heavy atom. The van der Waals surface area contributed by atoms with Gasteiger partial charge in [-0.15, -0.1) is 0 Å². The van der Waals surface area contributed by atoms with E-state index in [9.17, 15) is 4.79 Å². The van der Waals surface area contributed by atoms with E-state index in [4.69, 9.17) is 14.5 Å².